The van der Waals surface area contributed by atoms with Gasteiger partial charge in [0.2, 0.25) is 0 Å². The Labute approximate surface area is 170 Å². The minimum atomic E-state index is -1.26. The molecule has 2 N–H and O–H groups in total. The Morgan fingerprint density at radius 3 is 2.54 bits per heavy atom. The Hall–Kier alpha value is -3.04. The summed E-state index contributed by atoms with van der Waals surface area (Å²) >= 11 is 6.40. The van der Waals surface area contributed by atoms with E-state index in [2.05, 4.69) is 0 Å². The van der Waals surface area contributed by atoms with Gasteiger partial charge in [-0.15, -0.1) is 0 Å². The molecule has 1 saturated heterocycles. The van der Waals surface area contributed by atoms with E-state index in [9.17, 15) is 14.7 Å². The fourth-order valence-corrected chi connectivity index (χ4v) is 3.90. The van der Waals surface area contributed by atoms with E-state index in [1.165, 1.54) is 30.2 Å². The molecule has 2 aromatic rings. The summed E-state index contributed by atoms with van der Waals surface area (Å²) in [5, 5.41) is 18.9. The van der Waals surface area contributed by atoms with Gasteiger partial charge in [0, 0.05) is 17.7 Å². The summed E-state index contributed by atoms with van der Waals surface area (Å²) in [6.45, 7) is 0. The zero-order valence-electron chi connectivity index (χ0n) is 14.8. The number of carboxylic acid groups (broad SMARTS) is 1. The summed E-state index contributed by atoms with van der Waals surface area (Å²) in [5.74, 6) is -0.931. The van der Waals surface area contributed by atoms with Gasteiger partial charge >= 0.3 is 5.97 Å². The summed E-state index contributed by atoms with van der Waals surface area (Å²) in [6, 6.07) is 9.06. The van der Waals surface area contributed by atoms with Crippen LogP contribution in [0, 0.1) is 0 Å². The number of aromatic hydroxyl groups is 1. The average Bonchev–Trinajstić information content (AvgIpc) is 2.94. The van der Waals surface area contributed by atoms with Crippen molar-refractivity contribution in [1.82, 2.24) is 0 Å². The molecular weight excluding hydrogens is 402 g/mol. The first-order valence-electron chi connectivity index (χ1n) is 7.92. The lowest BCUT2D eigenvalue weighted by Gasteiger charge is -2.15. The first kappa shape index (κ1) is 19.7. The number of hydrogen-bond acceptors (Lipinski definition) is 7. The second kappa shape index (κ2) is 7.91. The molecule has 2 aromatic carbocycles. The van der Waals surface area contributed by atoms with Crippen molar-refractivity contribution in [3.63, 3.8) is 0 Å². The van der Waals surface area contributed by atoms with Crippen LogP contribution in [0.15, 0.2) is 41.3 Å². The first-order chi connectivity index (χ1) is 13.3. The van der Waals surface area contributed by atoms with E-state index in [0.717, 1.165) is 11.8 Å². The van der Waals surface area contributed by atoms with Crippen LogP contribution in [-0.4, -0.2) is 40.6 Å². The third-order valence-electron chi connectivity index (χ3n) is 3.99. The highest BCUT2D eigenvalue weighted by Crippen LogP contribution is 2.38. The van der Waals surface area contributed by atoms with Crippen LogP contribution >= 0.6 is 24.0 Å². The number of methoxy groups -OCH3 is 2. The van der Waals surface area contributed by atoms with E-state index in [0.29, 0.717) is 22.0 Å². The van der Waals surface area contributed by atoms with Crippen molar-refractivity contribution < 1.29 is 29.3 Å². The largest absolute Gasteiger partial charge is 0.507 e. The van der Waals surface area contributed by atoms with Gasteiger partial charge in [-0.05, 0) is 30.3 Å². The number of carboxylic acids is 1. The third kappa shape index (κ3) is 3.67. The number of amides is 1. The van der Waals surface area contributed by atoms with Crippen LogP contribution in [0.1, 0.15) is 15.9 Å². The van der Waals surface area contributed by atoms with Crippen LogP contribution in [0.4, 0.5) is 5.69 Å². The van der Waals surface area contributed by atoms with Gasteiger partial charge in [-0.1, -0.05) is 24.0 Å². The third-order valence-corrected chi connectivity index (χ3v) is 5.29. The molecule has 0 spiro atoms. The lowest BCUT2D eigenvalue weighted by Crippen LogP contribution is -2.27. The monoisotopic (exact) mass is 417 g/mol. The van der Waals surface area contributed by atoms with Gasteiger partial charge in [0.05, 0.1) is 24.8 Å². The highest BCUT2D eigenvalue weighted by molar-refractivity contribution is 8.27. The van der Waals surface area contributed by atoms with Gasteiger partial charge in [0.15, 0.2) is 4.32 Å². The van der Waals surface area contributed by atoms with Crippen LogP contribution < -0.4 is 14.4 Å². The Morgan fingerprint density at radius 2 is 1.93 bits per heavy atom. The second-order valence-electron chi connectivity index (χ2n) is 5.63. The van der Waals surface area contributed by atoms with E-state index >= 15 is 0 Å². The molecule has 1 amide bonds. The molecule has 0 atom stereocenters. The number of carbonyl (C=O) groups excluding carboxylic acids is 1. The number of hydrogen-bond donors (Lipinski definition) is 2. The molecule has 144 valence electrons. The molecule has 9 heteroatoms. The van der Waals surface area contributed by atoms with Crippen molar-refractivity contribution in [3.8, 4) is 17.2 Å². The van der Waals surface area contributed by atoms with Crippen molar-refractivity contribution >= 4 is 51.9 Å². The van der Waals surface area contributed by atoms with Crippen molar-refractivity contribution in [2.45, 2.75) is 0 Å². The topological polar surface area (TPSA) is 96.3 Å². The maximum Gasteiger partial charge on any atom is 0.339 e. The van der Waals surface area contributed by atoms with Crippen LogP contribution in [0.25, 0.3) is 6.08 Å². The molecule has 28 heavy (non-hydrogen) atoms. The smallest absolute Gasteiger partial charge is 0.339 e. The molecule has 1 aliphatic rings. The molecule has 0 unspecified atom stereocenters. The number of thiocarbonyl (C=S) groups is 1. The summed E-state index contributed by atoms with van der Waals surface area (Å²) in [4.78, 5) is 25.5. The predicted molar refractivity (Wildman–Crippen MR) is 110 cm³/mol. The molecule has 0 bridgehead atoms. The summed E-state index contributed by atoms with van der Waals surface area (Å²) in [5.41, 5.74) is 0.704. The molecule has 0 saturated carbocycles. The number of rotatable bonds is 5. The van der Waals surface area contributed by atoms with E-state index in [4.69, 9.17) is 26.8 Å². The van der Waals surface area contributed by atoms with Crippen molar-refractivity contribution in [1.29, 1.82) is 0 Å². The van der Waals surface area contributed by atoms with Gasteiger partial charge in [0.1, 0.15) is 22.8 Å². The molecule has 0 radical (unpaired) electrons. The number of ether oxygens (including phenoxy) is 2. The van der Waals surface area contributed by atoms with E-state index in [1.54, 1.807) is 31.4 Å². The summed E-state index contributed by atoms with van der Waals surface area (Å²) < 4.78 is 10.8. The molecule has 1 fully saturated rings. The van der Waals surface area contributed by atoms with Crippen LogP contribution in [-0.2, 0) is 4.79 Å². The normalized spacial score (nSPS) is 15.2. The van der Waals surface area contributed by atoms with Crippen LogP contribution in [0.3, 0.4) is 0 Å². The van der Waals surface area contributed by atoms with E-state index < -0.39 is 11.7 Å². The molecule has 1 aliphatic heterocycles. The number of phenols is 1. The lowest BCUT2D eigenvalue weighted by atomic mass is 10.1. The van der Waals surface area contributed by atoms with Crippen molar-refractivity contribution in [2.75, 3.05) is 19.1 Å². The Morgan fingerprint density at radius 1 is 1.18 bits per heavy atom. The fraction of sp³-hybridized carbons (Fsp3) is 0.105. The molecule has 7 nitrogen and oxygen atoms in total. The molecular formula is C19H15NO6S2. The maximum atomic E-state index is 12.9. The van der Waals surface area contributed by atoms with Gasteiger partial charge < -0.3 is 19.7 Å². The second-order valence-corrected chi connectivity index (χ2v) is 7.31. The molecule has 3 rings (SSSR count). The van der Waals surface area contributed by atoms with Gasteiger partial charge in [0.25, 0.3) is 5.91 Å². The number of anilines is 1. The Bertz CT molecular complexity index is 1020. The maximum absolute atomic E-state index is 12.9. The number of thioether (sulfide) groups is 1. The van der Waals surface area contributed by atoms with Gasteiger partial charge in [-0.25, -0.2) is 4.79 Å². The SMILES string of the molecule is COc1ccc(/C=C2\SC(=S)N(c3ccc(C(=O)O)c(O)c3)C2=O)c(OC)c1. The molecule has 0 aliphatic carbocycles. The minimum absolute atomic E-state index is 0.257. The minimum Gasteiger partial charge on any atom is -0.507 e. The molecule has 0 aromatic heterocycles. The standard InChI is InChI=1S/C19H15NO6S2/c1-25-12-5-3-10(15(9-12)26-2)7-16-17(22)20(19(27)28-16)11-4-6-13(18(23)24)14(21)8-11/h3-9,21H,1-2H3,(H,23,24)/b16-7-. The van der Waals surface area contributed by atoms with Crippen molar-refractivity contribution in [2.24, 2.45) is 0 Å². The number of carbonyl (C=O) groups is 2. The van der Waals surface area contributed by atoms with Gasteiger partial charge in [-0.2, -0.15) is 0 Å². The summed E-state index contributed by atoms with van der Waals surface area (Å²) in [6.07, 6.45) is 1.66. The number of nitrogens with zero attached hydrogens (tertiary/aromatic N) is 1. The Kier molecular flexibility index (Phi) is 5.57. The lowest BCUT2D eigenvalue weighted by molar-refractivity contribution is -0.113. The quantitative estimate of drug-likeness (QED) is 0.564. The molecule has 1 heterocycles. The van der Waals surface area contributed by atoms with Crippen molar-refractivity contribution in [3.05, 3.63) is 52.4 Å². The average molecular weight is 417 g/mol. The fourth-order valence-electron chi connectivity index (χ4n) is 2.61. The Balaban J connectivity index is 1.95. The number of benzene rings is 2. The van der Waals surface area contributed by atoms with E-state index in [-0.39, 0.29) is 21.5 Å². The zero-order valence-corrected chi connectivity index (χ0v) is 16.5. The highest BCUT2D eigenvalue weighted by atomic mass is 32.2. The highest BCUT2D eigenvalue weighted by Gasteiger charge is 2.34. The summed E-state index contributed by atoms with van der Waals surface area (Å²) in [7, 11) is 3.06. The van der Waals surface area contributed by atoms with Crippen LogP contribution in [0.5, 0.6) is 17.2 Å². The predicted octanol–water partition coefficient (Wildman–Crippen LogP) is 3.51. The van der Waals surface area contributed by atoms with E-state index in [1.807, 2.05) is 0 Å². The van der Waals surface area contributed by atoms with Crippen LogP contribution in [0.2, 0.25) is 0 Å². The van der Waals surface area contributed by atoms with Gasteiger partial charge in [-0.3, -0.25) is 9.69 Å². The zero-order chi connectivity index (χ0) is 20.4. The first-order valence-corrected chi connectivity index (χ1v) is 9.14. The number of aromatic carboxylic acids is 1.